The molecule has 0 aliphatic carbocycles. The molecule has 1 atom stereocenters. The highest BCUT2D eigenvalue weighted by atomic mass is 16.7. The second-order valence-corrected chi connectivity index (χ2v) is 7.13. The molecule has 7 heteroatoms. The van der Waals surface area contributed by atoms with Gasteiger partial charge in [-0.25, -0.2) is 9.63 Å². The van der Waals surface area contributed by atoms with Crippen LogP contribution in [-0.2, 0) is 4.84 Å². The normalized spacial score (nSPS) is 13.1. The monoisotopic (exact) mass is 418 g/mol. The molecule has 164 valence electrons. The van der Waals surface area contributed by atoms with Crippen molar-refractivity contribution >= 4 is 5.78 Å². The minimum Gasteiger partial charge on any atom is -0.507 e. The number of nitrogens with zero attached hydrogens (tertiary/aromatic N) is 1. The zero-order valence-corrected chi connectivity index (χ0v) is 18.2. The molecule has 1 unspecified atom stereocenters. The molecule has 0 aliphatic rings. The molecule has 1 N–H and O–H groups in total. The van der Waals surface area contributed by atoms with Crippen LogP contribution in [0.3, 0.4) is 0 Å². The van der Waals surface area contributed by atoms with Gasteiger partial charge in [0, 0.05) is 12.0 Å². The van der Waals surface area contributed by atoms with Gasteiger partial charge < -0.3 is 9.52 Å². The van der Waals surface area contributed by atoms with E-state index in [9.17, 15) is 19.6 Å². The van der Waals surface area contributed by atoms with Gasteiger partial charge in [-0.3, -0.25) is 4.79 Å². The van der Waals surface area contributed by atoms with E-state index in [1.165, 1.54) is 19.4 Å². The fraction of sp³-hybridized carbons (Fsp3) is 0.478. The zero-order valence-electron chi connectivity index (χ0n) is 18.2. The molecule has 1 aromatic rings. The number of rotatable bonds is 13. The molecule has 0 saturated heterocycles. The maximum atomic E-state index is 12.6. The third-order valence-electron chi connectivity index (χ3n) is 4.65. The van der Waals surface area contributed by atoms with Crippen LogP contribution in [0.1, 0.15) is 81.3 Å². The standard InChI is InChI=1S/C23H31NO6/c1-5-6-7-8-9-10-14-18(3)22(26)21-19(25)16-20(30-23(21)27)17(2)13-11-12-15-24(28)29-4/h9-10,12,14-17H,5-8,11,13H2,1-4H3/p+1. The molecular formula is C23H32NO6+. The summed E-state index contributed by atoms with van der Waals surface area (Å²) in [6.07, 6.45) is 13.7. The summed E-state index contributed by atoms with van der Waals surface area (Å²) in [7, 11) is 1.26. The lowest BCUT2D eigenvalue weighted by atomic mass is 10.00. The number of aromatic hydroxyl groups is 1. The third kappa shape index (κ3) is 8.19. The molecule has 0 bridgehead atoms. The van der Waals surface area contributed by atoms with E-state index in [1.54, 1.807) is 25.2 Å². The molecule has 0 radical (unpaired) electrons. The summed E-state index contributed by atoms with van der Waals surface area (Å²) in [4.78, 5) is 40.6. The predicted octanol–water partition coefficient (Wildman–Crippen LogP) is 5.35. The Morgan fingerprint density at radius 1 is 1.30 bits per heavy atom. The summed E-state index contributed by atoms with van der Waals surface area (Å²) >= 11 is 0. The van der Waals surface area contributed by atoms with Crippen molar-refractivity contribution in [3.8, 4) is 5.75 Å². The van der Waals surface area contributed by atoms with E-state index in [0.717, 1.165) is 25.7 Å². The second-order valence-electron chi connectivity index (χ2n) is 7.13. The first-order valence-electron chi connectivity index (χ1n) is 10.2. The summed E-state index contributed by atoms with van der Waals surface area (Å²) < 4.78 is 5.29. The maximum absolute atomic E-state index is 12.6. The summed E-state index contributed by atoms with van der Waals surface area (Å²) in [6, 6.07) is 1.31. The summed E-state index contributed by atoms with van der Waals surface area (Å²) in [6.45, 7) is 5.56. The summed E-state index contributed by atoms with van der Waals surface area (Å²) in [5.41, 5.74) is -0.876. The van der Waals surface area contributed by atoms with Crippen LogP contribution in [0.5, 0.6) is 5.75 Å². The Balaban J connectivity index is 2.84. The largest absolute Gasteiger partial charge is 0.507 e. The molecule has 0 aromatic carbocycles. The van der Waals surface area contributed by atoms with Gasteiger partial charge in [-0.15, -0.1) is 0 Å². The molecule has 30 heavy (non-hydrogen) atoms. The van der Waals surface area contributed by atoms with Crippen molar-refractivity contribution in [1.82, 2.24) is 0 Å². The van der Waals surface area contributed by atoms with Crippen LogP contribution in [0.2, 0.25) is 0 Å². The first-order chi connectivity index (χ1) is 14.3. The Kier molecular flexibility index (Phi) is 11.1. The van der Waals surface area contributed by atoms with Crippen molar-refractivity contribution in [2.24, 2.45) is 0 Å². The molecule has 7 nitrogen and oxygen atoms in total. The predicted molar refractivity (Wildman–Crippen MR) is 115 cm³/mol. The van der Waals surface area contributed by atoms with Gasteiger partial charge in [-0.2, -0.15) is 0 Å². The zero-order chi connectivity index (χ0) is 22.5. The summed E-state index contributed by atoms with van der Waals surface area (Å²) in [5, 5.41) is 10.3. The van der Waals surface area contributed by atoms with Crippen molar-refractivity contribution in [3.05, 3.63) is 68.8 Å². The molecule has 0 amide bonds. The number of unbranched alkanes of at least 4 members (excludes halogenated alkanes) is 3. The van der Waals surface area contributed by atoms with E-state index in [4.69, 9.17) is 4.42 Å². The first kappa shape index (κ1) is 25.1. The van der Waals surface area contributed by atoms with Gasteiger partial charge >= 0.3 is 5.63 Å². The van der Waals surface area contributed by atoms with Crippen LogP contribution in [0.25, 0.3) is 0 Å². The fourth-order valence-electron chi connectivity index (χ4n) is 2.75. The number of carbonyl (C=O) groups is 1. The van der Waals surface area contributed by atoms with Gasteiger partial charge in [0.2, 0.25) is 0 Å². The fourth-order valence-corrected chi connectivity index (χ4v) is 2.75. The van der Waals surface area contributed by atoms with E-state index >= 15 is 0 Å². The van der Waals surface area contributed by atoms with Gasteiger partial charge in [0.25, 0.3) is 11.1 Å². The molecule has 0 fully saturated rings. The van der Waals surface area contributed by atoms with Gasteiger partial charge in [-0.05, 0) is 44.3 Å². The van der Waals surface area contributed by atoms with E-state index in [0.29, 0.717) is 23.3 Å². The average Bonchev–Trinajstić information content (AvgIpc) is 2.72. The molecule has 1 heterocycles. The lowest BCUT2D eigenvalue weighted by Crippen LogP contribution is -2.16. The molecule has 1 rings (SSSR count). The molecule has 0 saturated carbocycles. The third-order valence-corrected chi connectivity index (χ3v) is 4.65. The lowest BCUT2D eigenvalue weighted by molar-refractivity contribution is -0.748. The van der Waals surface area contributed by atoms with Crippen molar-refractivity contribution in [1.29, 1.82) is 0 Å². The topological polar surface area (TPSA) is 96.8 Å². The lowest BCUT2D eigenvalue weighted by Gasteiger charge is -2.10. The molecular weight excluding hydrogens is 386 g/mol. The van der Waals surface area contributed by atoms with Gasteiger partial charge in [0.05, 0.1) is 4.91 Å². The minimum absolute atomic E-state index is 0.192. The Morgan fingerprint density at radius 3 is 2.67 bits per heavy atom. The second kappa shape index (κ2) is 13.3. The number of Topliss-reactive ketones (excluding diaryl/α,β-unsaturated/α-hetero) is 1. The van der Waals surface area contributed by atoms with Gasteiger partial charge in [0.15, 0.2) is 12.9 Å². The van der Waals surface area contributed by atoms with Crippen molar-refractivity contribution in [2.45, 2.75) is 65.2 Å². The van der Waals surface area contributed by atoms with Crippen LogP contribution >= 0.6 is 0 Å². The van der Waals surface area contributed by atoms with E-state index < -0.39 is 17.2 Å². The SMILES string of the molecule is CCCCCC=CC=C(C)C(=O)c1c(O)cc(C(C)CCC=C[N+](=O)OC)oc1=O. The summed E-state index contributed by atoms with van der Waals surface area (Å²) in [5.74, 6) is -0.858. The van der Waals surface area contributed by atoms with Gasteiger partial charge in [-0.1, -0.05) is 44.9 Å². The van der Waals surface area contributed by atoms with Crippen molar-refractivity contribution < 1.29 is 24.1 Å². The van der Waals surface area contributed by atoms with Crippen molar-refractivity contribution in [3.63, 3.8) is 0 Å². The van der Waals surface area contributed by atoms with Crippen LogP contribution in [0.4, 0.5) is 0 Å². The van der Waals surface area contributed by atoms with Crippen LogP contribution in [0, 0.1) is 4.91 Å². The smallest absolute Gasteiger partial charge is 0.351 e. The van der Waals surface area contributed by atoms with Crippen LogP contribution in [-0.4, -0.2) is 22.9 Å². The Morgan fingerprint density at radius 2 is 2.03 bits per heavy atom. The van der Waals surface area contributed by atoms with E-state index in [2.05, 4.69) is 11.8 Å². The quantitative estimate of drug-likeness (QED) is 0.152. The Bertz CT molecular complexity index is 863. The highest BCUT2D eigenvalue weighted by molar-refractivity contribution is 6.09. The number of hydrogen-bond acceptors (Lipinski definition) is 6. The molecule has 0 aliphatic heterocycles. The Hall–Kier alpha value is -2.96. The molecule has 1 aromatic heterocycles. The van der Waals surface area contributed by atoms with Crippen molar-refractivity contribution in [2.75, 3.05) is 7.11 Å². The van der Waals surface area contributed by atoms with E-state index in [1.807, 2.05) is 13.0 Å². The van der Waals surface area contributed by atoms with E-state index in [-0.39, 0.29) is 17.2 Å². The molecule has 0 spiro atoms. The van der Waals surface area contributed by atoms with Gasteiger partial charge in [0.1, 0.15) is 17.1 Å². The highest BCUT2D eigenvalue weighted by Gasteiger charge is 2.21. The average molecular weight is 419 g/mol. The number of ketones is 1. The number of carbonyl (C=O) groups excluding carboxylic acids is 1. The Labute approximate surface area is 177 Å². The number of hydrogen-bond donors (Lipinski definition) is 1. The first-order valence-corrected chi connectivity index (χ1v) is 10.2. The minimum atomic E-state index is -0.859. The van der Waals surface area contributed by atoms with Crippen LogP contribution in [0.15, 0.2) is 51.4 Å². The number of allylic oxidation sites excluding steroid dienone is 5. The highest BCUT2D eigenvalue weighted by Crippen LogP contribution is 2.25. The maximum Gasteiger partial charge on any atom is 0.351 e. The van der Waals surface area contributed by atoms with Crippen LogP contribution < -0.4 is 5.63 Å².